The molecule has 1 unspecified atom stereocenters. The highest BCUT2D eigenvalue weighted by molar-refractivity contribution is 5.45. The van der Waals surface area contributed by atoms with Crippen molar-refractivity contribution in [3.8, 4) is 11.5 Å². The van der Waals surface area contributed by atoms with Gasteiger partial charge in [0.25, 0.3) is 0 Å². The maximum atomic E-state index is 5.37. The van der Waals surface area contributed by atoms with Crippen LogP contribution in [0.4, 0.5) is 0 Å². The number of rotatable bonds is 4. The first-order chi connectivity index (χ1) is 7.35. The van der Waals surface area contributed by atoms with Gasteiger partial charge in [0, 0.05) is 6.54 Å². The molecule has 1 aromatic rings. The van der Waals surface area contributed by atoms with Crippen molar-refractivity contribution in [2.24, 2.45) is 0 Å². The Bertz CT molecular complexity index is 338. The van der Waals surface area contributed by atoms with E-state index in [0.29, 0.717) is 12.7 Å². The Kier molecular flexibility index (Phi) is 3.11. The molecule has 0 saturated carbocycles. The minimum absolute atomic E-state index is 0.349. The lowest BCUT2D eigenvalue weighted by molar-refractivity contribution is 0.174. The van der Waals surface area contributed by atoms with Crippen LogP contribution in [0.1, 0.15) is 24.8 Å². The third-order valence-electron chi connectivity index (χ3n) is 2.81. The Balaban J connectivity index is 2.20. The molecule has 1 aromatic carbocycles. The zero-order valence-electron chi connectivity index (χ0n) is 9.25. The second-order valence-corrected chi connectivity index (χ2v) is 3.78. The fourth-order valence-electron chi connectivity index (χ4n) is 1.91. The molecule has 1 atom stereocenters. The van der Waals surface area contributed by atoms with E-state index in [-0.39, 0.29) is 0 Å². The lowest BCUT2D eigenvalue weighted by Crippen LogP contribution is -2.16. The predicted octanol–water partition coefficient (Wildman–Crippen LogP) is 2.13. The van der Waals surface area contributed by atoms with Gasteiger partial charge in [-0.05, 0) is 37.1 Å². The molecule has 0 bridgehead atoms. The number of hydrogen-bond donors (Lipinski definition) is 1. The maximum Gasteiger partial charge on any atom is 0.231 e. The van der Waals surface area contributed by atoms with Gasteiger partial charge in [0.15, 0.2) is 11.5 Å². The molecular weight excluding hydrogens is 190 g/mol. The SMILES string of the molecule is CCC(CNC)c1ccc2c(c1)OCO2. The first-order valence-corrected chi connectivity index (χ1v) is 5.39. The van der Waals surface area contributed by atoms with Crippen LogP contribution in [0.25, 0.3) is 0 Å². The third kappa shape index (κ3) is 2.07. The quantitative estimate of drug-likeness (QED) is 0.820. The molecule has 82 valence electrons. The number of ether oxygens (including phenoxy) is 2. The molecule has 0 saturated heterocycles. The van der Waals surface area contributed by atoms with Crippen molar-refractivity contribution in [1.29, 1.82) is 0 Å². The second kappa shape index (κ2) is 4.53. The van der Waals surface area contributed by atoms with Gasteiger partial charge in [0.2, 0.25) is 6.79 Å². The van der Waals surface area contributed by atoms with Crippen LogP contribution < -0.4 is 14.8 Å². The van der Waals surface area contributed by atoms with Crippen molar-refractivity contribution in [2.45, 2.75) is 19.3 Å². The van der Waals surface area contributed by atoms with E-state index in [2.05, 4.69) is 24.4 Å². The number of nitrogens with one attached hydrogen (secondary N) is 1. The summed E-state index contributed by atoms with van der Waals surface area (Å²) in [7, 11) is 1.98. The van der Waals surface area contributed by atoms with Crippen molar-refractivity contribution in [3.05, 3.63) is 23.8 Å². The summed E-state index contributed by atoms with van der Waals surface area (Å²) in [6, 6.07) is 6.21. The van der Waals surface area contributed by atoms with Gasteiger partial charge in [0.05, 0.1) is 0 Å². The molecule has 1 heterocycles. The van der Waals surface area contributed by atoms with Crippen molar-refractivity contribution in [1.82, 2.24) is 5.32 Å². The second-order valence-electron chi connectivity index (χ2n) is 3.78. The minimum Gasteiger partial charge on any atom is -0.454 e. The summed E-state index contributed by atoms with van der Waals surface area (Å²) in [6.45, 7) is 3.55. The molecular formula is C12H17NO2. The average Bonchev–Trinajstić information content (AvgIpc) is 2.72. The van der Waals surface area contributed by atoms with Gasteiger partial charge in [-0.15, -0.1) is 0 Å². The van der Waals surface area contributed by atoms with Gasteiger partial charge >= 0.3 is 0 Å². The molecule has 1 N–H and O–H groups in total. The number of likely N-dealkylation sites (N-methyl/N-ethyl adjacent to an activating group) is 1. The van der Waals surface area contributed by atoms with Crippen LogP contribution in [-0.2, 0) is 0 Å². The van der Waals surface area contributed by atoms with Crippen molar-refractivity contribution in [2.75, 3.05) is 20.4 Å². The van der Waals surface area contributed by atoms with Gasteiger partial charge in [-0.25, -0.2) is 0 Å². The zero-order valence-corrected chi connectivity index (χ0v) is 9.25. The minimum atomic E-state index is 0.349. The lowest BCUT2D eigenvalue weighted by Gasteiger charge is -2.14. The summed E-state index contributed by atoms with van der Waals surface area (Å²) in [4.78, 5) is 0. The highest BCUT2D eigenvalue weighted by Gasteiger charge is 2.16. The van der Waals surface area contributed by atoms with Crippen LogP contribution in [0.15, 0.2) is 18.2 Å². The Labute approximate surface area is 90.4 Å². The van der Waals surface area contributed by atoms with Crippen molar-refractivity contribution < 1.29 is 9.47 Å². The first kappa shape index (κ1) is 10.3. The van der Waals surface area contributed by atoms with E-state index < -0.39 is 0 Å². The van der Waals surface area contributed by atoms with E-state index in [4.69, 9.17) is 9.47 Å². The summed E-state index contributed by atoms with van der Waals surface area (Å²) in [5, 5.41) is 3.21. The fourth-order valence-corrected chi connectivity index (χ4v) is 1.91. The molecule has 3 heteroatoms. The largest absolute Gasteiger partial charge is 0.454 e. The highest BCUT2D eigenvalue weighted by atomic mass is 16.7. The van der Waals surface area contributed by atoms with Crippen LogP contribution in [-0.4, -0.2) is 20.4 Å². The summed E-state index contributed by atoms with van der Waals surface area (Å²) < 4.78 is 10.7. The summed E-state index contributed by atoms with van der Waals surface area (Å²) in [5.41, 5.74) is 1.32. The molecule has 0 aromatic heterocycles. The monoisotopic (exact) mass is 207 g/mol. The topological polar surface area (TPSA) is 30.5 Å². The van der Waals surface area contributed by atoms with Gasteiger partial charge in [0.1, 0.15) is 0 Å². The molecule has 0 amide bonds. The van der Waals surface area contributed by atoms with Crippen molar-refractivity contribution in [3.63, 3.8) is 0 Å². The molecule has 1 aliphatic rings. The molecule has 0 aliphatic carbocycles. The normalized spacial score (nSPS) is 15.3. The van der Waals surface area contributed by atoms with Crippen LogP contribution in [0.5, 0.6) is 11.5 Å². The standard InChI is InChI=1S/C12H17NO2/c1-3-9(7-13-2)10-4-5-11-12(6-10)15-8-14-11/h4-6,9,13H,3,7-8H2,1-2H3. The highest BCUT2D eigenvalue weighted by Crippen LogP contribution is 2.35. The molecule has 2 rings (SSSR count). The van der Waals surface area contributed by atoms with Crippen LogP contribution in [0.3, 0.4) is 0 Å². The molecule has 3 nitrogen and oxygen atoms in total. The number of benzene rings is 1. The van der Waals surface area contributed by atoms with E-state index >= 15 is 0 Å². The summed E-state index contributed by atoms with van der Waals surface area (Å²) in [6.07, 6.45) is 1.13. The van der Waals surface area contributed by atoms with E-state index in [0.717, 1.165) is 24.5 Å². The Morgan fingerprint density at radius 2 is 2.13 bits per heavy atom. The fraction of sp³-hybridized carbons (Fsp3) is 0.500. The van der Waals surface area contributed by atoms with Crippen LogP contribution in [0, 0.1) is 0 Å². The Hall–Kier alpha value is -1.22. The van der Waals surface area contributed by atoms with Crippen molar-refractivity contribution >= 4 is 0 Å². The van der Waals surface area contributed by atoms with Gasteiger partial charge in [-0.2, -0.15) is 0 Å². The van der Waals surface area contributed by atoms with E-state index in [1.165, 1.54) is 5.56 Å². The summed E-state index contributed by atoms with van der Waals surface area (Å²) in [5.74, 6) is 2.28. The van der Waals surface area contributed by atoms with Crippen LogP contribution >= 0.6 is 0 Å². The van der Waals surface area contributed by atoms with E-state index in [1.807, 2.05) is 13.1 Å². The number of fused-ring (bicyclic) bond motifs is 1. The smallest absolute Gasteiger partial charge is 0.231 e. The third-order valence-corrected chi connectivity index (χ3v) is 2.81. The summed E-state index contributed by atoms with van der Waals surface area (Å²) >= 11 is 0. The molecule has 1 aliphatic heterocycles. The van der Waals surface area contributed by atoms with Crippen LogP contribution in [0.2, 0.25) is 0 Å². The number of hydrogen-bond acceptors (Lipinski definition) is 3. The molecule has 0 radical (unpaired) electrons. The predicted molar refractivity (Wildman–Crippen MR) is 59.5 cm³/mol. The van der Waals surface area contributed by atoms with E-state index in [1.54, 1.807) is 0 Å². The maximum absolute atomic E-state index is 5.37. The molecule has 15 heavy (non-hydrogen) atoms. The zero-order chi connectivity index (χ0) is 10.7. The lowest BCUT2D eigenvalue weighted by atomic mass is 9.96. The molecule has 0 fully saturated rings. The first-order valence-electron chi connectivity index (χ1n) is 5.39. The van der Waals surface area contributed by atoms with E-state index in [9.17, 15) is 0 Å². The van der Waals surface area contributed by atoms with Gasteiger partial charge in [-0.3, -0.25) is 0 Å². The molecule has 0 spiro atoms. The Morgan fingerprint density at radius 1 is 1.33 bits per heavy atom. The average molecular weight is 207 g/mol. The Morgan fingerprint density at radius 3 is 2.87 bits per heavy atom. The van der Waals surface area contributed by atoms with Gasteiger partial charge < -0.3 is 14.8 Å². The van der Waals surface area contributed by atoms with Gasteiger partial charge in [-0.1, -0.05) is 13.0 Å².